The number of carbonyl (C=O) groups is 1. The van der Waals surface area contributed by atoms with Crippen molar-refractivity contribution in [1.29, 1.82) is 0 Å². The first kappa shape index (κ1) is 5.77. The van der Waals surface area contributed by atoms with Crippen LogP contribution in [0.4, 0.5) is 0 Å². The number of rotatable bonds is 0. The molecule has 2 aliphatic heterocycles. The molecule has 0 aromatic rings. The molecular weight excluding hydrogens is 144 g/mol. The number of epoxide rings is 1. The molecule has 3 rings (SSSR count). The van der Waals surface area contributed by atoms with E-state index < -0.39 is 0 Å². The molecule has 1 aliphatic carbocycles. The number of esters is 1. The molecule has 1 saturated heterocycles. The molecule has 0 spiro atoms. The third kappa shape index (κ3) is 0.744. The van der Waals surface area contributed by atoms with Crippen LogP contribution in [0.15, 0.2) is 11.6 Å². The molecule has 3 nitrogen and oxygen atoms in total. The van der Waals surface area contributed by atoms with Crippen molar-refractivity contribution >= 4 is 5.97 Å². The van der Waals surface area contributed by atoms with Crippen molar-refractivity contribution in [2.24, 2.45) is 0 Å². The fraction of sp³-hybridized carbons (Fsp3) is 0.625. The Morgan fingerprint density at radius 3 is 3.27 bits per heavy atom. The van der Waals surface area contributed by atoms with E-state index in [-0.39, 0.29) is 12.1 Å². The maximum atomic E-state index is 10.8. The van der Waals surface area contributed by atoms with Crippen molar-refractivity contribution in [3.63, 3.8) is 0 Å². The largest absolute Gasteiger partial charge is 0.455 e. The lowest BCUT2D eigenvalue weighted by molar-refractivity contribution is -0.139. The summed E-state index contributed by atoms with van der Waals surface area (Å²) < 4.78 is 10.4. The second-order valence-electron chi connectivity index (χ2n) is 3.30. The Kier molecular flexibility index (Phi) is 0.874. The molecule has 3 heteroatoms. The molecule has 2 fully saturated rings. The summed E-state index contributed by atoms with van der Waals surface area (Å²) in [6.45, 7) is 0. The first-order valence-corrected chi connectivity index (χ1v) is 3.89. The lowest BCUT2D eigenvalue weighted by Crippen LogP contribution is -2.20. The van der Waals surface area contributed by atoms with Crippen LogP contribution in [0.5, 0.6) is 0 Å². The lowest BCUT2D eigenvalue weighted by atomic mass is 9.93. The van der Waals surface area contributed by atoms with Gasteiger partial charge < -0.3 is 9.47 Å². The number of hydrogen-bond acceptors (Lipinski definition) is 3. The maximum Gasteiger partial charge on any atom is 0.331 e. The Bertz CT molecular complexity index is 256. The Hall–Kier alpha value is -0.830. The molecular formula is C8H8O3. The highest BCUT2D eigenvalue weighted by Crippen LogP contribution is 2.42. The molecule has 0 bridgehead atoms. The highest BCUT2D eigenvalue weighted by Gasteiger charge is 2.49. The van der Waals surface area contributed by atoms with Crippen molar-refractivity contribution in [3.8, 4) is 0 Å². The summed E-state index contributed by atoms with van der Waals surface area (Å²) in [4.78, 5) is 10.8. The molecule has 3 atom stereocenters. The second-order valence-corrected chi connectivity index (χ2v) is 3.30. The van der Waals surface area contributed by atoms with Crippen LogP contribution in [0.2, 0.25) is 0 Å². The van der Waals surface area contributed by atoms with E-state index in [2.05, 4.69) is 0 Å². The Balaban J connectivity index is 1.90. The van der Waals surface area contributed by atoms with Crippen LogP contribution in [0.1, 0.15) is 12.8 Å². The second kappa shape index (κ2) is 1.67. The predicted molar refractivity (Wildman–Crippen MR) is 35.9 cm³/mol. The summed E-state index contributed by atoms with van der Waals surface area (Å²) in [6, 6.07) is 0. The van der Waals surface area contributed by atoms with E-state index in [4.69, 9.17) is 9.47 Å². The normalized spacial score (nSPS) is 45.6. The van der Waals surface area contributed by atoms with Crippen molar-refractivity contribution in [2.75, 3.05) is 0 Å². The van der Waals surface area contributed by atoms with Gasteiger partial charge >= 0.3 is 5.97 Å². The van der Waals surface area contributed by atoms with Crippen molar-refractivity contribution in [3.05, 3.63) is 11.6 Å². The molecule has 0 aromatic carbocycles. The Morgan fingerprint density at radius 1 is 1.45 bits per heavy atom. The Labute approximate surface area is 64.0 Å². The monoisotopic (exact) mass is 152 g/mol. The third-order valence-corrected chi connectivity index (χ3v) is 2.55. The zero-order valence-corrected chi connectivity index (χ0v) is 5.95. The summed E-state index contributed by atoms with van der Waals surface area (Å²) in [5.74, 6) is -0.175. The van der Waals surface area contributed by atoms with E-state index in [0.29, 0.717) is 12.2 Å². The standard InChI is InChI=1S/C8H8O3/c9-8-2-4-1-6-7(10-6)3-5(4)11-8/h2,5-7H,1,3H2/t5-,6+,7-/m1/s1. The minimum Gasteiger partial charge on any atom is -0.455 e. The van der Waals surface area contributed by atoms with E-state index in [0.717, 1.165) is 18.4 Å². The molecule has 11 heavy (non-hydrogen) atoms. The van der Waals surface area contributed by atoms with Gasteiger partial charge in [0.2, 0.25) is 0 Å². The smallest absolute Gasteiger partial charge is 0.331 e. The lowest BCUT2D eigenvalue weighted by Gasteiger charge is -2.15. The molecule has 2 heterocycles. The summed E-state index contributed by atoms with van der Waals surface area (Å²) in [5, 5.41) is 0. The van der Waals surface area contributed by atoms with Gasteiger partial charge in [0.05, 0.1) is 12.2 Å². The molecule has 0 aromatic heterocycles. The molecule has 0 radical (unpaired) electrons. The van der Waals surface area contributed by atoms with E-state index in [1.807, 2.05) is 0 Å². The van der Waals surface area contributed by atoms with E-state index >= 15 is 0 Å². The van der Waals surface area contributed by atoms with Crippen LogP contribution in [0.3, 0.4) is 0 Å². The summed E-state index contributed by atoms with van der Waals surface area (Å²) >= 11 is 0. The van der Waals surface area contributed by atoms with Gasteiger partial charge in [0.15, 0.2) is 0 Å². The summed E-state index contributed by atoms with van der Waals surface area (Å²) in [6.07, 6.45) is 4.22. The number of carbonyl (C=O) groups excluding carboxylic acids is 1. The topological polar surface area (TPSA) is 38.8 Å². The predicted octanol–water partition coefficient (Wildman–Crippen LogP) is 0.399. The minimum atomic E-state index is -0.175. The van der Waals surface area contributed by atoms with E-state index in [1.165, 1.54) is 0 Å². The van der Waals surface area contributed by atoms with E-state index in [1.54, 1.807) is 6.08 Å². The molecule has 0 N–H and O–H groups in total. The summed E-state index contributed by atoms with van der Waals surface area (Å²) in [5.41, 5.74) is 1.13. The van der Waals surface area contributed by atoms with Gasteiger partial charge in [-0.15, -0.1) is 0 Å². The van der Waals surface area contributed by atoms with Crippen LogP contribution in [0.25, 0.3) is 0 Å². The van der Waals surface area contributed by atoms with Crippen LogP contribution >= 0.6 is 0 Å². The fourth-order valence-corrected chi connectivity index (χ4v) is 1.89. The van der Waals surface area contributed by atoms with Crippen molar-refractivity contribution < 1.29 is 14.3 Å². The van der Waals surface area contributed by atoms with Crippen LogP contribution in [-0.4, -0.2) is 24.3 Å². The SMILES string of the molecule is O=C1C=C2C[C@@H]3O[C@@H]3C[C@H]2O1. The number of ether oxygens (including phenoxy) is 2. The minimum absolute atomic E-state index is 0.0475. The molecule has 0 amide bonds. The highest BCUT2D eigenvalue weighted by atomic mass is 16.6. The van der Waals surface area contributed by atoms with Crippen LogP contribution in [0, 0.1) is 0 Å². The van der Waals surface area contributed by atoms with Gasteiger partial charge in [-0.05, 0) is 5.57 Å². The first-order valence-electron chi connectivity index (χ1n) is 3.89. The van der Waals surface area contributed by atoms with Crippen LogP contribution < -0.4 is 0 Å². The fourth-order valence-electron chi connectivity index (χ4n) is 1.89. The molecule has 58 valence electrons. The highest BCUT2D eigenvalue weighted by molar-refractivity contribution is 5.86. The van der Waals surface area contributed by atoms with Crippen molar-refractivity contribution in [1.82, 2.24) is 0 Å². The van der Waals surface area contributed by atoms with Crippen molar-refractivity contribution in [2.45, 2.75) is 31.2 Å². The zero-order chi connectivity index (χ0) is 7.42. The molecule has 3 aliphatic rings. The van der Waals surface area contributed by atoms with E-state index in [9.17, 15) is 4.79 Å². The Morgan fingerprint density at radius 2 is 2.36 bits per heavy atom. The number of hydrogen-bond donors (Lipinski definition) is 0. The van der Waals surface area contributed by atoms with Gasteiger partial charge in [0.1, 0.15) is 6.10 Å². The first-order chi connectivity index (χ1) is 5.33. The van der Waals surface area contributed by atoms with Gasteiger partial charge in [-0.2, -0.15) is 0 Å². The quantitative estimate of drug-likeness (QED) is 0.372. The van der Waals surface area contributed by atoms with Gasteiger partial charge in [-0.1, -0.05) is 0 Å². The molecule has 1 saturated carbocycles. The van der Waals surface area contributed by atoms with Gasteiger partial charge in [-0.3, -0.25) is 0 Å². The maximum absolute atomic E-state index is 10.8. The van der Waals surface area contributed by atoms with Gasteiger partial charge in [0.25, 0.3) is 0 Å². The average Bonchev–Trinajstić information content (AvgIpc) is 2.57. The van der Waals surface area contributed by atoms with Gasteiger partial charge in [0, 0.05) is 18.9 Å². The zero-order valence-electron chi connectivity index (χ0n) is 5.95. The van der Waals surface area contributed by atoms with Crippen LogP contribution in [-0.2, 0) is 14.3 Å². The number of fused-ring (bicyclic) bond motifs is 2. The third-order valence-electron chi connectivity index (χ3n) is 2.55. The average molecular weight is 152 g/mol. The molecule has 0 unspecified atom stereocenters. The summed E-state index contributed by atoms with van der Waals surface area (Å²) in [7, 11) is 0. The van der Waals surface area contributed by atoms with Gasteiger partial charge in [-0.25, -0.2) is 4.79 Å².